The maximum atomic E-state index is 13.5. The van der Waals surface area contributed by atoms with Gasteiger partial charge in [-0.3, -0.25) is 0 Å². The van der Waals surface area contributed by atoms with Crippen molar-refractivity contribution in [1.82, 2.24) is 0 Å². The maximum absolute atomic E-state index is 13.5. The lowest BCUT2D eigenvalue weighted by Gasteiger charge is -2.00. The van der Waals surface area contributed by atoms with Crippen molar-refractivity contribution in [2.45, 2.75) is 0 Å². The average Bonchev–Trinajstić information content (AvgIpc) is 2.46. The second-order valence-corrected chi connectivity index (χ2v) is 4.46. The van der Waals surface area contributed by atoms with Crippen LogP contribution in [0, 0.1) is 5.82 Å². The van der Waals surface area contributed by atoms with Gasteiger partial charge < -0.3 is 0 Å². The maximum Gasteiger partial charge on any atom is 0.130 e. The Hall–Kier alpha value is -2.41. The standard InChI is InChI=1S/C18H13F/c19-18-8-4-3-6-16(18)12-10-14-9-11-15-5-1-2-7-17(15)13-14/h1-13H/b12-10-. The minimum absolute atomic E-state index is 0.195. The zero-order valence-corrected chi connectivity index (χ0v) is 10.4. The van der Waals surface area contributed by atoms with E-state index in [4.69, 9.17) is 0 Å². The van der Waals surface area contributed by atoms with Crippen molar-refractivity contribution in [3.05, 3.63) is 83.7 Å². The molecule has 0 bridgehead atoms. The van der Waals surface area contributed by atoms with Crippen LogP contribution in [0.3, 0.4) is 0 Å². The van der Waals surface area contributed by atoms with Crippen LogP contribution in [-0.2, 0) is 0 Å². The molecule has 3 aromatic rings. The fourth-order valence-electron chi connectivity index (χ4n) is 2.11. The summed E-state index contributed by atoms with van der Waals surface area (Å²) in [4.78, 5) is 0. The highest BCUT2D eigenvalue weighted by Gasteiger charge is 1.96. The van der Waals surface area contributed by atoms with Gasteiger partial charge in [0.05, 0.1) is 0 Å². The molecule has 0 aliphatic carbocycles. The van der Waals surface area contributed by atoms with Gasteiger partial charge in [-0.05, 0) is 28.5 Å². The Labute approximate surface area is 111 Å². The fourth-order valence-corrected chi connectivity index (χ4v) is 2.11. The summed E-state index contributed by atoms with van der Waals surface area (Å²) in [5.41, 5.74) is 1.68. The van der Waals surface area contributed by atoms with Crippen LogP contribution in [0.5, 0.6) is 0 Å². The van der Waals surface area contributed by atoms with E-state index in [0.717, 1.165) is 5.56 Å². The van der Waals surface area contributed by atoms with Crippen molar-refractivity contribution in [2.24, 2.45) is 0 Å². The zero-order chi connectivity index (χ0) is 13.1. The van der Waals surface area contributed by atoms with E-state index in [-0.39, 0.29) is 5.82 Å². The number of benzene rings is 3. The monoisotopic (exact) mass is 248 g/mol. The van der Waals surface area contributed by atoms with Crippen LogP contribution >= 0.6 is 0 Å². The zero-order valence-electron chi connectivity index (χ0n) is 10.4. The van der Waals surface area contributed by atoms with E-state index in [9.17, 15) is 4.39 Å². The molecule has 0 aliphatic heterocycles. The van der Waals surface area contributed by atoms with E-state index in [0.29, 0.717) is 5.56 Å². The molecule has 0 saturated heterocycles. The van der Waals surface area contributed by atoms with Gasteiger partial charge in [0.15, 0.2) is 0 Å². The summed E-state index contributed by atoms with van der Waals surface area (Å²) in [5.74, 6) is -0.195. The lowest BCUT2D eigenvalue weighted by atomic mass is 10.1. The lowest BCUT2D eigenvalue weighted by molar-refractivity contribution is 0.625. The van der Waals surface area contributed by atoms with Crippen molar-refractivity contribution in [2.75, 3.05) is 0 Å². The van der Waals surface area contributed by atoms with Crippen LogP contribution in [0.1, 0.15) is 11.1 Å². The Morgan fingerprint density at radius 3 is 2.26 bits per heavy atom. The largest absolute Gasteiger partial charge is 0.206 e. The van der Waals surface area contributed by atoms with Gasteiger partial charge in [0, 0.05) is 5.56 Å². The first-order valence-corrected chi connectivity index (χ1v) is 6.24. The van der Waals surface area contributed by atoms with E-state index in [1.54, 1.807) is 18.2 Å². The number of hydrogen-bond donors (Lipinski definition) is 0. The van der Waals surface area contributed by atoms with Crippen LogP contribution < -0.4 is 0 Å². The molecule has 19 heavy (non-hydrogen) atoms. The van der Waals surface area contributed by atoms with Crippen LogP contribution in [-0.4, -0.2) is 0 Å². The van der Waals surface area contributed by atoms with Gasteiger partial charge in [-0.1, -0.05) is 66.7 Å². The van der Waals surface area contributed by atoms with Crippen LogP contribution in [0.2, 0.25) is 0 Å². The molecule has 92 valence electrons. The smallest absolute Gasteiger partial charge is 0.130 e. The first-order chi connectivity index (χ1) is 9.33. The molecule has 3 rings (SSSR count). The Morgan fingerprint density at radius 2 is 1.42 bits per heavy atom. The SMILES string of the molecule is Fc1ccccc1/C=C\c1ccc2ccccc2c1. The molecule has 0 spiro atoms. The minimum Gasteiger partial charge on any atom is -0.206 e. The first kappa shape index (κ1) is 11.7. The molecule has 0 atom stereocenters. The molecular formula is C18H13F. The van der Waals surface area contributed by atoms with E-state index in [1.165, 1.54) is 16.8 Å². The van der Waals surface area contributed by atoms with E-state index in [1.807, 2.05) is 30.3 Å². The number of fused-ring (bicyclic) bond motifs is 1. The van der Waals surface area contributed by atoms with Crippen molar-refractivity contribution in [3.8, 4) is 0 Å². The Morgan fingerprint density at radius 1 is 0.684 bits per heavy atom. The Kier molecular flexibility index (Phi) is 3.11. The van der Waals surface area contributed by atoms with E-state index < -0.39 is 0 Å². The molecule has 0 radical (unpaired) electrons. The van der Waals surface area contributed by atoms with Gasteiger partial charge >= 0.3 is 0 Å². The molecule has 1 heteroatoms. The van der Waals surface area contributed by atoms with Crippen molar-refractivity contribution < 1.29 is 4.39 Å². The summed E-state index contributed by atoms with van der Waals surface area (Å²) < 4.78 is 13.5. The van der Waals surface area contributed by atoms with Gasteiger partial charge in [-0.25, -0.2) is 4.39 Å². The summed E-state index contributed by atoms with van der Waals surface area (Å²) in [6.45, 7) is 0. The third-order valence-corrected chi connectivity index (χ3v) is 3.13. The van der Waals surface area contributed by atoms with Crippen molar-refractivity contribution in [1.29, 1.82) is 0 Å². The van der Waals surface area contributed by atoms with Crippen molar-refractivity contribution >= 4 is 22.9 Å². The van der Waals surface area contributed by atoms with Crippen LogP contribution in [0.15, 0.2) is 66.7 Å². The Bertz CT molecular complexity index is 741. The molecule has 0 saturated carbocycles. The molecule has 0 amide bonds. The fraction of sp³-hybridized carbons (Fsp3) is 0. The average molecular weight is 248 g/mol. The molecule has 0 aromatic heterocycles. The second-order valence-electron chi connectivity index (χ2n) is 4.46. The number of halogens is 1. The molecule has 0 fully saturated rings. The topological polar surface area (TPSA) is 0 Å². The quantitative estimate of drug-likeness (QED) is 0.550. The van der Waals surface area contributed by atoms with Gasteiger partial charge in [-0.2, -0.15) is 0 Å². The summed E-state index contributed by atoms with van der Waals surface area (Å²) in [6, 6.07) is 21.2. The second kappa shape index (κ2) is 5.07. The highest BCUT2D eigenvalue weighted by molar-refractivity contribution is 5.85. The highest BCUT2D eigenvalue weighted by atomic mass is 19.1. The number of rotatable bonds is 2. The number of hydrogen-bond acceptors (Lipinski definition) is 0. The molecular weight excluding hydrogens is 235 g/mol. The molecule has 3 aromatic carbocycles. The third kappa shape index (κ3) is 2.55. The third-order valence-electron chi connectivity index (χ3n) is 3.13. The molecule has 0 heterocycles. The molecule has 0 nitrogen and oxygen atoms in total. The van der Waals surface area contributed by atoms with Gasteiger partial charge in [0.1, 0.15) is 5.82 Å². The van der Waals surface area contributed by atoms with Crippen LogP contribution in [0.25, 0.3) is 22.9 Å². The van der Waals surface area contributed by atoms with Gasteiger partial charge in [-0.15, -0.1) is 0 Å². The van der Waals surface area contributed by atoms with Gasteiger partial charge in [0.25, 0.3) is 0 Å². The summed E-state index contributed by atoms with van der Waals surface area (Å²) in [6.07, 6.45) is 3.74. The summed E-state index contributed by atoms with van der Waals surface area (Å²) >= 11 is 0. The van der Waals surface area contributed by atoms with E-state index in [2.05, 4.69) is 24.3 Å². The summed E-state index contributed by atoms with van der Waals surface area (Å²) in [5, 5.41) is 2.41. The van der Waals surface area contributed by atoms with E-state index >= 15 is 0 Å². The normalized spacial score (nSPS) is 11.2. The molecule has 0 N–H and O–H groups in total. The van der Waals surface area contributed by atoms with Crippen molar-refractivity contribution in [3.63, 3.8) is 0 Å². The first-order valence-electron chi connectivity index (χ1n) is 6.24. The predicted octanol–water partition coefficient (Wildman–Crippen LogP) is 5.15. The minimum atomic E-state index is -0.195. The lowest BCUT2D eigenvalue weighted by Crippen LogP contribution is -1.79. The summed E-state index contributed by atoms with van der Waals surface area (Å²) in [7, 11) is 0. The predicted molar refractivity (Wildman–Crippen MR) is 79.3 cm³/mol. The molecule has 0 aliphatic rings. The highest BCUT2D eigenvalue weighted by Crippen LogP contribution is 2.18. The van der Waals surface area contributed by atoms with Crippen LogP contribution in [0.4, 0.5) is 4.39 Å². The van der Waals surface area contributed by atoms with Gasteiger partial charge in [0.2, 0.25) is 0 Å². The Balaban J connectivity index is 1.95. The molecule has 0 unspecified atom stereocenters.